The van der Waals surface area contributed by atoms with Crippen LogP contribution in [0.15, 0.2) is 12.4 Å². The zero-order valence-electron chi connectivity index (χ0n) is 6.67. The van der Waals surface area contributed by atoms with E-state index in [-0.39, 0.29) is 0 Å². The molecule has 54 valence electrons. The molecule has 1 heterocycles. The summed E-state index contributed by atoms with van der Waals surface area (Å²) in [6.07, 6.45) is 6.55. The Bertz CT molecular complexity index is 207. The first-order valence-electron chi connectivity index (χ1n) is 3.77. The lowest BCUT2D eigenvalue weighted by Gasteiger charge is -1.83. The van der Waals surface area contributed by atoms with E-state index in [1.54, 1.807) is 0 Å². The summed E-state index contributed by atoms with van der Waals surface area (Å²) in [5, 5.41) is 0. The molecule has 0 aromatic rings. The Morgan fingerprint density at radius 2 is 2.20 bits per heavy atom. The van der Waals surface area contributed by atoms with Crippen molar-refractivity contribution in [2.24, 2.45) is 0 Å². The fourth-order valence-electron chi connectivity index (χ4n) is 0.903. The molecule has 0 radical (unpaired) electrons. The minimum absolute atomic E-state index is 1.09. The Kier molecular flexibility index (Phi) is 2.41. The summed E-state index contributed by atoms with van der Waals surface area (Å²) in [4.78, 5) is 0. The number of hydrogen-bond donors (Lipinski definition) is 0. The fraction of sp³-hybridized carbons (Fsp3) is 0.625. The molecule has 0 fully saturated rings. The maximum absolute atomic E-state index is 3.14. The van der Waals surface area contributed by atoms with Crippen LogP contribution in [0.4, 0.5) is 0 Å². The highest BCUT2D eigenvalue weighted by Crippen LogP contribution is 1.90. The zero-order chi connectivity index (χ0) is 7.40. The van der Waals surface area contributed by atoms with Gasteiger partial charge in [-0.1, -0.05) is 22.5 Å². The van der Waals surface area contributed by atoms with Gasteiger partial charge in [0.15, 0.2) is 13.6 Å². The van der Waals surface area contributed by atoms with Crippen LogP contribution >= 0.6 is 0 Å². The molecule has 1 aliphatic rings. The molecular weight excluding hydrogens is 124 g/mol. The SMILES string of the molecule is CCCC[N+]1=C=[N+](C)C=C1. The second kappa shape index (κ2) is 3.33. The van der Waals surface area contributed by atoms with Crippen molar-refractivity contribution >= 4 is 6.01 Å². The third-order valence-corrected chi connectivity index (χ3v) is 1.51. The molecule has 1 aliphatic heterocycles. The minimum atomic E-state index is 1.09. The monoisotopic (exact) mass is 138 g/mol. The Labute approximate surface area is 61.8 Å². The Morgan fingerprint density at radius 1 is 1.40 bits per heavy atom. The van der Waals surface area contributed by atoms with Crippen molar-refractivity contribution in [2.45, 2.75) is 19.8 Å². The molecule has 0 bridgehead atoms. The molecule has 0 atom stereocenters. The quantitative estimate of drug-likeness (QED) is 0.515. The zero-order valence-corrected chi connectivity index (χ0v) is 6.67. The van der Waals surface area contributed by atoms with Gasteiger partial charge in [-0.05, 0) is 0 Å². The average Bonchev–Trinajstić information content (AvgIpc) is 2.31. The normalized spacial score (nSPS) is 15.4. The van der Waals surface area contributed by atoms with E-state index in [4.69, 9.17) is 0 Å². The van der Waals surface area contributed by atoms with E-state index in [0.717, 1.165) is 6.54 Å². The summed E-state index contributed by atoms with van der Waals surface area (Å²) < 4.78 is 4.03. The molecule has 2 nitrogen and oxygen atoms in total. The third kappa shape index (κ3) is 1.82. The molecule has 0 saturated carbocycles. The number of rotatable bonds is 3. The molecule has 0 aromatic carbocycles. The molecule has 1 rings (SSSR count). The van der Waals surface area contributed by atoms with Crippen molar-refractivity contribution in [2.75, 3.05) is 13.6 Å². The van der Waals surface area contributed by atoms with Crippen LogP contribution in [0.5, 0.6) is 0 Å². The van der Waals surface area contributed by atoms with Gasteiger partial charge in [-0.3, -0.25) is 0 Å². The van der Waals surface area contributed by atoms with Crippen LogP contribution in [-0.4, -0.2) is 28.8 Å². The second-order valence-corrected chi connectivity index (χ2v) is 2.56. The van der Waals surface area contributed by atoms with E-state index in [9.17, 15) is 0 Å². The first kappa shape index (κ1) is 7.23. The van der Waals surface area contributed by atoms with Crippen LogP contribution in [0.1, 0.15) is 19.8 Å². The van der Waals surface area contributed by atoms with Crippen molar-refractivity contribution in [3.05, 3.63) is 12.4 Å². The highest BCUT2D eigenvalue weighted by Gasteiger charge is 2.09. The number of hydrogen-bond acceptors (Lipinski definition) is 0. The number of nitrogens with zero attached hydrogens (tertiary/aromatic N) is 2. The molecule has 0 aliphatic carbocycles. The maximum Gasteiger partial charge on any atom is 0.488 e. The lowest BCUT2D eigenvalue weighted by Crippen LogP contribution is -2.02. The summed E-state index contributed by atoms with van der Waals surface area (Å²) in [7, 11) is 1.99. The van der Waals surface area contributed by atoms with Gasteiger partial charge in [0.05, 0.1) is 0 Å². The molecule has 2 heteroatoms. The number of unbranched alkanes of at least 4 members (excludes halogenated alkanes) is 1. The maximum atomic E-state index is 3.14. The summed E-state index contributed by atoms with van der Waals surface area (Å²) in [5.41, 5.74) is 0. The first-order valence-corrected chi connectivity index (χ1v) is 3.77. The molecule has 0 saturated heterocycles. The fourth-order valence-corrected chi connectivity index (χ4v) is 0.903. The van der Waals surface area contributed by atoms with Gasteiger partial charge in [0, 0.05) is 6.42 Å². The van der Waals surface area contributed by atoms with Crippen molar-refractivity contribution in [1.29, 1.82) is 0 Å². The summed E-state index contributed by atoms with van der Waals surface area (Å²) in [5.74, 6) is 0. The van der Waals surface area contributed by atoms with E-state index in [1.807, 2.05) is 17.8 Å². The standard InChI is InChI=1S/C8H14N2/c1-3-4-5-10-7-6-9(2)8-10/h6-7H,3-5H2,1-2H3/q+2. The Hall–Kier alpha value is -0.880. The second-order valence-electron chi connectivity index (χ2n) is 2.56. The van der Waals surface area contributed by atoms with Crippen LogP contribution in [-0.2, 0) is 0 Å². The van der Waals surface area contributed by atoms with Crippen molar-refractivity contribution in [3.63, 3.8) is 0 Å². The van der Waals surface area contributed by atoms with Crippen LogP contribution in [0.3, 0.4) is 0 Å². The van der Waals surface area contributed by atoms with E-state index in [2.05, 4.69) is 23.7 Å². The van der Waals surface area contributed by atoms with Gasteiger partial charge >= 0.3 is 6.01 Å². The molecule has 0 aromatic heterocycles. The van der Waals surface area contributed by atoms with Crippen LogP contribution in [0, 0.1) is 0 Å². The minimum Gasteiger partial charge on any atom is -0.0972 e. The smallest absolute Gasteiger partial charge is 0.0972 e. The van der Waals surface area contributed by atoms with Gasteiger partial charge < -0.3 is 0 Å². The van der Waals surface area contributed by atoms with E-state index in [0.29, 0.717) is 0 Å². The lowest BCUT2D eigenvalue weighted by atomic mass is 10.3. The van der Waals surface area contributed by atoms with Crippen LogP contribution < -0.4 is 0 Å². The molecular formula is C8H14N2+2. The van der Waals surface area contributed by atoms with Crippen molar-refractivity contribution in [1.82, 2.24) is 0 Å². The van der Waals surface area contributed by atoms with Crippen molar-refractivity contribution < 1.29 is 9.15 Å². The Balaban J connectivity index is 2.44. The van der Waals surface area contributed by atoms with Gasteiger partial charge in [-0.2, -0.15) is 0 Å². The predicted molar refractivity (Wildman–Crippen MR) is 40.4 cm³/mol. The van der Waals surface area contributed by atoms with E-state index in [1.165, 1.54) is 12.8 Å². The molecule has 0 amide bonds. The lowest BCUT2D eigenvalue weighted by molar-refractivity contribution is -0.471. The van der Waals surface area contributed by atoms with E-state index >= 15 is 0 Å². The largest absolute Gasteiger partial charge is 0.488 e. The van der Waals surface area contributed by atoms with Gasteiger partial charge in [-0.25, -0.2) is 0 Å². The highest BCUT2D eigenvalue weighted by molar-refractivity contribution is 5.28. The third-order valence-electron chi connectivity index (χ3n) is 1.51. The van der Waals surface area contributed by atoms with Crippen molar-refractivity contribution in [3.8, 4) is 0 Å². The molecule has 0 spiro atoms. The Morgan fingerprint density at radius 3 is 2.70 bits per heavy atom. The van der Waals surface area contributed by atoms with Crippen LogP contribution in [0.25, 0.3) is 0 Å². The molecule has 10 heavy (non-hydrogen) atoms. The summed E-state index contributed by atoms with van der Waals surface area (Å²) >= 11 is 0. The van der Waals surface area contributed by atoms with Gasteiger partial charge in [0.1, 0.15) is 0 Å². The first-order chi connectivity index (χ1) is 4.83. The van der Waals surface area contributed by atoms with E-state index < -0.39 is 0 Å². The topological polar surface area (TPSA) is 6.02 Å². The molecule has 0 N–H and O–H groups in total. The van der Waals surface area contributed by atoms with Gasteiger partial charge in [0.2, 0.25) is 12.4 Å². The molecule has 0 unspecified atom stereocenters. The summed E-state index contributed by atoms with van der Waals surface area (Å²) in [6.45, 7) is 3.29. The highest BCUT2D eigenvalue weighted by atomic mass is 15.1. The van der Waals surface area contributed by atoms with Gasteiger partial charge in [-0.15, -0.1) is 0 Å². The summed E-state index contributed by atoms with van der Waals surface area (Å²) in [6, 6.07) is 3.14. The van der Waals surface area contributed by atoms with Gasteiger partial charge in [0.25, 0.3) is 0 Å². The average molecular weight is 138 g/mol. The van der Waals surface area contributed by atoms with Crippen LogP contribution in [0.2, 0.25) is 0 Å². The predicted octanol–water partition coefficient (Wildman–Crippen LogP) is 1.10.